The van der Waals surface area contributed by atoms with Crippen molar-refractivity contribution in [3.63, 3.8) is 0 Å². The van der Waals surface area contributed by atoms with Crippen molar-refractivity contribution in [1.29, 1.82) is 0 Å². The zero-order chi connectivity index (χ0) is 18.4. The van der Waals surface area contributed by atoms with E-state index in [9.17, 15) is 14.4 Å². The fourth-order valence-corrected chi connectivity index (χ4v) is 2.38. The van der Waals surface area contributed by atoms with Crippen LogP contribution >= 0.6 is 0 Å². The lowest BCUT2D eigenvalue weighted by atomic mass is 10.2. The second-order valence-corrected chi connectivity index (χ2v) is 6.83. The van der Waals surface area contributed by atoms with E-state index in [-0.39, 0.29) is 18.6 Å². The quantitative estimate of drug-likeness (QED) is 0.778. The Morgan fingerprint density at radius 1 is 1.12 bits per heavy atom. The molecule has 1 aliphatic heterocycles. The fraction of sp³-hybridized carbons (Fsp3) is 0.500. The number of carbonyl (C=O) groups excluding carboxylic acids is 3. The van der Waals surface area contributed by atoms with E-state index in [4.69, 9.17) is 9.47 Å². The lowest BCUT2D eigenvalue weighted by Crippen LogP contribution is -2.52. The highest BCUT2D eigenvalue weighted by atomic mass is 16.6. The third kappa shape index (κ3) is 5.77. The minimum Gasteiger partial charge on any atom is -0.484 e. The number of rotatable bonds is 4. The number of nitrogens with zero attached hydrogens (tertiary/aromatic N) is 2. The molecule has 7 heteroatoms. The van der Waals surface area contributed by atoms with Crippen LogP contribution in [0.15, 0.2) is 24.3 Å². The molecule has 0 saturated carbocycles. The van der Waals surface area contributed by atoms with Crippen LogP contribution in [0.2, 0.25) is 0 Å². The van der Waals surface area contributed by atoms with Crippen molar-refractivity contribution >= 4 is 18.3 Å². The predicted octanol–water partition coefficient (Wildman–Crippen LogP) is 1.96. The number of ether oxygens (including phenoxy) is 2. The van der Waals surface area contributed by atoms with Crippen LogP contribution in [0, 0.1) is 0 Å². The topological polar surface area (TPSA) is 76.2 Å². The van der Waals surface area contributed by atoms with Gasteiger partial charge in [0.05, 0.1) is 0 Å². The van der Waals surface area contributed by atoms with Gasteiger partial charge in [0.2, 0.25) is 0 Å². The summed E-state index contributed by atoms with van der Waals surface area (Å²) in [5, 5.41) is 0. The van der Waals surface area contributed by atoms with E-state index in [2.05, 4.69) is 0 Å². The van der Waals surface area contributed by atoms with Crippen LogP contribution in [-0.2, 0) is 9.53 Å². The van der Waals surface area contributed by atoms with Crippen molar-refractivity contribution in [3.8, 4) is 5.75 Å². The maximum absolute atomic E-state index is 12.2. The van der Waals surface area contributed by atoms with E-state index >= 15 is 0 Å². The van der Waals surface area contributed by atoms with Crippen molar-refractivity contribution < 1.29 is 23.9 Å². The Labute approximate surface area is 147 Å². The fourth-order valence-electron chi connectivity index (χ4n) is 2.38. The molecule has 0 N–H and O–H groups in total. The summed E-state index contributed by atoms with van der Waals surface area (Å²) in [4.78, 5) is 38.2. The number of carbonyl (C=O) groups is 3. The molecule has 0 aromatic heterocycles. The normalized spacial score (nSPS) is 14.8. The lowest BCUT2D eigenvalue weighted by molar-refractivity contribution is -0.135. The minimum absolute atomic E-state index is 0.102. The molecule has 1 fully saturated rings. The molecule has 1 aromatic carbocycles. The summed E-state index contributed by atoms with van der Waals surface area (Å²) in [7, 11) is 0. The van der Waals surface area contributed by atoms with Crippen LogP contribution in [0.1, 0.15) is 31.1 Å². The molecule has 1 saturated heterocycles. The Kier molecular flexibility index (Phi) is 6.01. The van der Waals surface area contributed by atoms with Crippen LogP contribution in [-0.4, -0.2) is 66.5 Å². The summed E-state index contributed by atoms with van der Waals surface area (Å²) < 4.78 is 10.8. The Balaban J connectivity index is 1.79. The van der Waals surface area contributed by atoms with Gasteiger partial charge in [-0.2, -0.15) is 0 Å². The smallest absolute Gasteiger partial charge is 0.410 e. The second kappa shape index (κ2) is 8.00. The van der Waals surface area contributed by atoms with Gasteiger partial charge in [0.25, 0.3) is 5.91 Å². The number of benzene rings is 1. The maximum atomic E-state index is 12.2. The molecule has 25 heavy (non-hydrogen) atoms. The third-order valence-corrected chi connectivity index (χ3v) is 3.64. The standard InChI is InChI=1S/C18H24N2O5/c1-18(2,3)25-17(23)20-9-7-19(8-10-20)16(22)13-24-15-6-4-5-14(11-15)12-21/h4-6,11-12H,7-10,13H2,1-3H3. The van der Waals surface area contributed by atoms with Gasteiger partial charge in [-0.1, -0.05) is 12.1 Å². The second-order valence-electron chi connectivity index (χ2n) is 6.83. The number of aldehydes is 1. The number of amides is 2. The molecule has 0 bridgehead atoms. The number of piperazine rings is 1. The van der Waals surface area contributed by atoms with Gasteiger partial charge in [0.15, 0.2) is 6.61 Å². The average molecular weight is 348 g/mol. The maximum Gasteiger partial charge on any atom is 0.410 e. The van der Waals surface area contributed by atoms with Gasteiger partial charge in [-0.15, -0.1) is 0 Å². The SMILES string of the molecule is CC(C)(C)OC(=O)N1CCN(C(=O)COc2cccc(C=O)c2)CC1. The van der Waals surface area contributed by atoms with Gasteiger partial charge in [-0.25, -0.2) is 4.79 Å². The van der Waals surface area contributed by atoms with Crippen LogP contribution in [0.3, 0.4) is 0 Å². The molecular weight excluding hydrogens is 324 g/mol. The minimum atomic E-state index is -0.534. The van der Waals surface area contributed by atoms with Crippen LogP contribution in [0.5, 0.6) is 5.75 Å². The predicted molar refractivity (Wildman–Crippen MR) is 91.7 cm³/mol. The first-order chi connectivity index (χ1) is 11.8. The highest BCUT2D eigenvalue weighted by Gasteiger charge is 2.27. The van der Waals surface area contributed by atoms with Gasteiger partial charge in [-0.05, 0) is 32.9 Å². The van der Waals surface area contributed by atoms with E-state index in [1.54, 1.807) is 34.1 Å². The molecule has 0 unspecified atom stereocenters. The van der Waals surface area contributed by atoms with E-state index in [0.29, 0.717) is 37.5 Å². The van der Waals surface area contributed by atoms with E-state index in [1.807, 2.05) is 20.8 Å². The summed E-state index contributed by atoms with van der Waals surface area (Å²) in [6.45, 7) is 7.10. The summed E-state index contributed by atoms with van der Waals surface area (Å²) in [6, 6.07) is 6.64. The molecule has 7 nitrogen and oxygen atoms in total. The number of hydrogen-bond donors (Lipinski definition) is 0. The third-order valence-electron chi connectivity index (χ3n) is 3.64. The molecule has 0 atom stereocenters. The first-order valence-corrected chi connectivity index (χ1v) is 8.22. The highest BCUT2D eigenvalue weighted by molar-refractivity contribution is 5.79. The largest absolute Gasteiger partial charge is 0.484 e. The molecular formula is C18H24N2O5. The van der Waals surface area contributed by atoms with E-state index < -0.39 is 5.60 Å². The Hall–Kier alpha value is -2.57. The summed E-state index contributed by atoms with van der Waals surface area (Å²) >= 11 is 0. The van der Waals surface area contributed by atoms with Crippen molar-refractivity contribution in [2.24, 2.45) is 0 Å². The average Bonchev–Trinajstić information content (AvgIpc) is 2.58. The summed E-state index contributed by atoms with van der Waals surface area (Å²) in [5.41, 5.74) is -0.0376. The van der Waals surface area contributed by atoms with Crippen molar-refractivity contribution in [2.75, 3.05) is 32.8 Å². The van der Waals surface area contributed by atoms with Gasteiger partial charge < -0.3 is 19.3 Å². The molecule has 2 amide bonds. The zero-order valence-corrected chi connectivity index (χ0v) is 14.9. The van der Waals surface area contributed by atoms with Gasteiger partial charge in [-0.3, -0.25) is 9.59 Å². The van der Waals surface area contributed by atoms with Crippen molar-refractivity contribution in [3.05, 3.63) is 29.8 Å². The first-order valence-electron chi connectivity index (χ1n) is 8.22. The van der Waals surface area contributed by atoms with E-state index in [1.165, 1.54) is 0 Å². The van der Waals surface area contributed by atoms with E-state index in [0.717, 1.165) is 6.29 Å². The molecule has 0 radical (unpaired) electrons. The lowest BCUT2D eigenvalue weighted by Gasteiger charge is -2.35. The van der Waals surface area contributed by atoms with Crippen LogP contribution in [0.4, 0.5) is 4.79 Å². The highest BCUT2D eigenvalue weighted by Crippen LogP contribution is 2.14. The zero-order valence-electron chi connectivity index (χ0n) is 14.9. The molecule has 1 aliphatic rings. The van der Waals surface area contributed by atoms with Gasteiger partial charge in [0.1, 0.15) is 17.6 Å². The van der Waals surface area contributed by atoms with Crippen LogP contribution < -0.4 is 4.74 Å². The molecule has 0 aliphatic carbocycles. The van der Waals surface area contributed by atoms with Crippen molar-refractivity contribution in [1.82, 2.24) is 9.80 Å². The van der Waals surface area contributed by atoms with Crippen molar-refractivity contribution in [2.45, 2.75) is 26.4 Å². The van der Waals surface area contributed by atoms with Gasteiger partial charge in [0, 0.05) is 31.7 Å². The Morgan fingerprint density at radius 2 is 1.76 bits per heavy atom. The Morgan fingerprint density at radius 3 is 2.36 bits per heavy atom. The summed E-state index contributed by atoms with van der Waals surface area (Å²) in [6.07, 6.45) is 0.367. The van der Waals surface area contributed by atoms with Crippen LogP contribution in [0.25, 0.3) is 0 Å². The first kappa shape index (κ1) is 18.8. The molecule has 1 heterocycles. The number of hydrogen-bond acceptors (Lipinski definition) is 5. The molecule has 2 rings (SSSR count). The summed E-state index contributed by atoms with van der Waals surface area (Å²) in [5.74, 6) is 0.325. The monoisotopic (exact) mass is 348 g/mol. The molecule has 1 aromatic rings. The molecule has 0 spiro atoms. The molecule has 136 valence electrons. The van der Waals surface area contributed by atoms with Gasteiger partial charge >= 0.3 is 6.09 Å². The Bertz CT molecular complexity index is 631.